The Hall–Kier alpha value is -2.65. The molecule has 27 heavy (non-hydrogen) atoms. The first-order chi connectivity index (χ1) is 12.8. The highest BCUT2D eigenvalue weighted by molar-refractivity contribution is 7.92. The Labute approximate surface area is 161 Å². The van der Waals surface area contributed by atoms with Crippen LogP contribution >= 0.6 is 11.6 Å². The van der Waals surface area contributed by atoms with Gasteiger partial charge in [-0.2, -0.15) is 0 Å². The van der Waals surface area contributed by atoms with Gasteiger partial charge >= 0.3 is 0 Å². The first kappa shape index (κ1) is 19.1. The Bertz CT molecular complexity index is 997. The summed E-state index contributed by atoms with van der Waals surface area (Å²) in [4.78, 5) is 11.4. The average molecular weight is 413 g/mol. The second-order valence-corrected chi connectivity index (χ2v) is 7.74. The second-order valence-electron chi connectivity index (χ2n) is 5.68. The number of hydrogen-bond acceptors (Lipinski definition) is 6. The number of carbonyl (C=O) groups excluding carboxylic acids is 1. The minimum atomic E-state index is -4.03. The Morgan fingerprint density at radius 2 is 1.67 bits per heavy atom. The Balaban J connectivity index is 2.01. The van der Waals surface area contributed by atoms with Crippen molar-refractivity contribution in [3.05, 3.63) is 34.9 Å². The summed E-state index contributed by atoms with van der Waals surface area (Å²) in [6.45, 7) is 0. The van der Waals surface area contributed by atoms with E-state index >= 15 is 0 Å². The van der Waals surface area contributed by atoms with E-state index < -0.39 is 10.0 Å². The molecule has 2 aromatic rings. The molecule has 0 aromatic heterocycles. The largest absolute Gasteiger partial charge is 0.493 e. The molecule has 0 atom stereocenters. The molecule has 0 aliphatic carbocycles. The van der Waals surface area contributed by atoms with Crippen molar-refractivity contribution < 1.29 is 27.4 Å². The summed E-state index contributed by atoms with van der Waals surface area (Å²) < 4.78 is 43.8. The van der Waals surface area contributed by atoms with Crippen LogP contribution in [-0.2, 0) is 21.2 Å². The molecule has 10 heteroatoms. The van der Waals surface area contributed by atoms with Crippen LogP contribution in [0.4, 0.5) is 11.4 Å². The topological polar surface area (TPSA) is 103 Å². The zero-order valence-corrected chi connectivity index (χ0v) is 16.3. The van der Waals surface area contributed by atoms with Gasteiger partial charge in [0.05, 0.1) is 38.5 Å². The summed E-state index contributed by atoms with van der Waals surface area (Å²) >= 11 is 6.13. The van der Waals surface area contributed by atoms with Gasteiger partial charge in [0.2, 0.25) is 11.7 Å². The highest BCUT2D eigenvalue weighted by Crippen LogP contribution is 2.41. The monoisotopic (exact) mass is 412 g/mol. The summed E-state index contributed by atoms with van der Waals surface area (Å²) in [6.07, 6.45) is 0.0964. The van der Waals surface area contributed by atoms with E-state index in [2.05, 4.69) is 10.0 Å². The molecule has 8 nitrogen and oxygen atoms in total. The molecular weight excluding hydrogens is 396 g/mol. The SMILES string of the molecule is COc1cc(NS(=O)(=O)c2cc3c(cc2Cl)NC(=O)C3)cc(OC)c1OC. The lowest BCUT2D eigenvalue weighted by Crippen LogP contribution is -2.14. The van der Waals surface area contributed by atoms with Crippen LogP contribution in [0.1, 0.15) is 5.56 Å². The zero-order chi connectivity index (χ0) is 19.8. The van der Waals surface area contributed by atoms with Gasteiger partial charge in [-0.15, -0.1) is 0 Å². The Morgan fingerprint density at radius 3 is 2.22 bits per heavy atom. The van der Waals surface area contributed by atoms with Crippen molar-refractivity contribution >= 4 is 38.9 Å². The third-order valence-electron chi connectivity index (χ3n) is 3.99. The number of anilines is 2. The minimum Gasteiger partial charge on any atom is -0.493 e. The molecular formula is C17H17ClN2O6S. The Kier molecular flexibility index (Phi) is 5.07. The molecule has 1 aliphatic rings. The quantitative estimate of drug-likeness (QED) is 0.756. The maximum Gasteiger partial charge on any atom is 0.263 e. The van der Waals surface area contributed by atoms with Gasteiger partial charge in [0.1, 0.15) is 4.90 Å². The summed E-state index contributed by atoms with van der Waals surface area (Å²) in [5, 5.41) is 2.62. The van der Waals surface area contributed by atoms with Crippen LogP contribution < -0.4 is 24.2 Å². The molecule has 1 heterocycles. The van der Waals surface area contributed by atoms with E-state index in [0.29, 0.717) is 28.5 Å². The maximum absolute atomic E-state index is 12.8. The standard InChI is InChI=1S/C17H17ClN2O6S/c1-24-13-6-10(7-14(25-2)17(13)26-3)20-27(22,23)15-4-9-5-16(21)19-12(9)8-11(15)18/h4,6-8,20H,5H2,1-3H3,(H,19,21). The van der Waals surface area contributed by atoms with Gasteiger partial charge in [-0.3, -0.25) is 9.52 Å². The number of halogens is 1. The molecule has 0 spiro atoms. The van der Waals surface area contributed by atoms with Crippen molar-refractivity contribution in [3.8, 4) is 17.2 Å². The van der Waals surface area contributed by atoms with Gasteiger partial charge in [-0.25, -0.2) is 8.42 Å². The molecule has 1 aliphatic heterocycles. The summed E-state index contributed by atoms with van der Waals surface area (Å²) in [6, 6.07) is 5.73. The van der Waals surface area contributed by atoms with Gasteiger partial charge in [-0.1, -0.05) is 11.6 Å². The van der Waals surface area contributed by atoms with Crippen LogP contribution in [0.15, 0.2) is 29.2 Å². The number of amides is 1. The van der Waals surface area contributed by atoms with Crippen LogP contribution in [0.25, 0.3) is 0 Å². The van der Waals surface area contributed by atoms with Crippen molar-refractivity contribution in [2.24, 2.45) is 0 Å². The van der Waals surface area contributed by atoms with Crippen molar-refractivity contribution in [3.63, 3.8) is 0 Å². The molecule has 0 radical (unpaired) electrons. The van der Waals surface area contributed by atoms with Crippen LogP contribution in [0.5, 0.6) is 17.2 Å². The van der Waals surface area contributed by atoms with Crippen LogP contribution in [0, 0.1) is 0 Å². The van der Waals surface area contributed by atoms with Gasteiger partial charge in [0.25, 0.3) is 10.0 Å². The summed E-state index contributed by atoms with van der Waals surface area (Å²) in [5.74, 6) is 0.713. The van der Waals surface area contributed by atoms with Crippen LogP contribution in [0.2, 0.25) is 5.02 Å². The fourth-order valence-corrected chi connectivity index (χ4v) is 4.40. The summed E-state index contributed by atoms with van der Waals surface area (Å²) in [7, 11) is 0.278. The van der Waals surface area contributed by atoms with E-state index in [0.717, 1.165) is 0 Å². The molecule has 2 aromatic carbocycles. The van der Waals surface area contributed by atoms with E-state index in [4.69, 9.17) is 25.8 Å². The molecule has 3 rings (SSSR count). The first-order valence-electron chi connectivity index (χ1n) is 7.74. The van der Waals surface area contributed by atoms with Gasteiger partial charge in [0, 0.05) is 17.8 Å². The molecule has 144 valence electrons. The smallest absolute Gasteiger partial charge is 0.263 e. The van der Waals surface area contributed by atoms with E-state index in [1.165, 1.54) is 45.6 Å². The molecule has 0 fully saturated rings. The molecule has 1 amide bonds. The number of rotatable bonds is 6. The fraction of sp³-hybridized carbons (Fsp3) is 0.235. The molecule has 2 N–H and O–H groups in total. The highest BCUT2D eigenvalue weighted by Gasteiger charge is 2.26. The van der Waals surface area contributed by atoms with E-state index in [1.807, 2.05) is 0 Å². The number of sulfonamides is 1. The lowest BCUT2D eigenvalue weighted by atomic mass is 10.2. The third kappa shape index (κ3) is 3.60. The van der Waals surface area contributed by atoms with E-state index in [-0.39, 0.29) is 27.9 Å². The number of ether oxygens (including phenoxy) is 3. The molecule has 0 bridgehead atoms. The van der Waals surface area contributed by atoms with Gasteiger partial charge in [0.15, 0.2) is 11.5 Å². The third-order valence-corrected chi connectivity index (χ3v) is 5.84. The van der Waals surface area contributed by atoms with Crippen molar-refractivity contribution in [1.29, 1.82) is 0 Å². The van der Waals surface area contributed by atoms with E-state index in [9.17, 15) is 13.2 Å². The number of nitrogens with one attached hydrogen (secondary N) is 2. The first-order valence-corrected chi connectivity index (χ1v) is 9.60. The molecule has 0 saturated carbocycles. The molecule has 0 saturated heterocycles. The number of benzene rings is 2. The minimum absolute atomic E-state index is 0.00380. The summed E-state index contributed by atoms with van der Waals surface area (Å²) in [5.41, 5.74) is 1.28. The zero-order valence-electron chi connectivity index (χ0n) is 14.8. The van der Waals surface area contributed by atoms with Crippen LogP contribution in [-0.4, -0.2) is 35.7 Å². The van der Waals surface area contributed by atoms with Crippen molar-refractivity contribution in [1.82, 2.24) is 0 Å². The number of fused-ring (bicyclic) bond motifs is 1. The molecule has 0 unspecified atom stereocenters. The number of hydrogen-bond donors (Lipinski definition) is 2. The van der Waals surface area contributed by atoms with Crippen molar-refractivity contribution in [2.45, 2.75) is 11.3 Å². The average Bonchev–Trinajstić information content (AvgIpc) is 2.98. The lowest BCUT2D eigenvalue weighted by Gasteiger charge is -2.16. The predicted molar refractivity (Wildman–Crippen MR) is 101 cm³/mol. The fourth-order valence-electron chi connectivity index (χ4n) is 2.78. The number of methoxy groups -OCH3 is 3. The van der Waals surface area contributed by atoms with E-state index in [1.54, 1.807) is 0 Å². The maximum atomic E-state index is 12.8. The van der Waals surface area contributed by atoms with Crippen LogP contribution in [0.3, 0.4) is 0 Å². The number of carbonyl (C=O) groups is 1. The highest BCUT2D eigenvalue weighted by atomic mass is 35.5. The Morgan fingerprint density at radius 1 is 1.04 bits per heavy atom. The predicted octanol–water partition coefficient (Wildman–Crippen LogP) is 2.66. The van der Waals surface area contributed by atoms with Gasteiger partial charge in [-0.05, 0) is 17.7 Å². The second kappa shape index (κ2) is 7.16. The normalized spacial score (nSPS) is 13.0. The van der Waals surface area contributed by atoms with Crippen molar-refractivity contribution in [2.75, 3.05) is 31.4 Å². The lowest BCUT2D eigenvalue weighted by molar-refractivity contribution is -0.115. The van der Waals surface area contributed by atoms with Gasteiger partial charge < -0.3 is 19.5 Å².